The minimum Gasteiger partial charge on any atom is -0.508 e. The summed E-state index contributed by atoms with van der Waals surface area (Å²) in [6, 6.07) is 10.9. The predicted octanol–water partition coefficient (Wildman–Crippen LogP) is 4.92. The van der Waals surface area contributed by atoms with Crippen molar-refractivity contribution in [2.45, 2.75) is 52.0 Å². The Bertz CT molecular complexity index is 1060. The van der Waals surface area contributed by atoms with Gasteiger partial charge in [0, 0.05) is 17.7 Å². The van der Waals surface area contributed by atoms with E-state index in [1.807, 2.05) is 27.7 Å². The van der Waals surface area contributed by atoms with E-state index in [1.165, 1.54) is 17.0 Å². The average molecular weight is 438 g/mol. The van der Waals surface area contributed by atoms with Crippen LogP contribution in [0.25, 0.3) is 5.76 Å². The van der Waals surface area contributed by atoms with Crippen molar-refractivity contribution in [3.8, 4) is 11.5 Å². The number of aliphatic hydroxyl groups is 1. The zero-order valence-corrected chi connectivity index (χ0v) is 19.3. The minimum absolute atomic E-state index is 0.0294. The quantitative estimate of drug-likeness (QED) is 0.381. The van der Waals surface area contributed by atoms with Crippen molar-refractivity contribution in [2.24, 2.45) is 0 Å². The first-order valence-corrected chi connectivity index (χ1v) is 10.9. The van der Waals surface area contributed by atoms with Crippen molar-refractivity contribution >= 4 is 17.4 Å². The zero-order chi connectivity index (χ0) is 23.6. The highest BCUT2D eigenvalue weighted by Crippen LogP contribution is 2.41. The van der Waals surface area contributed by atoms with Gasteiger partial charge in [0.05, 0.1) is 18.7 Å². The first kappa shape index (κ1) is 23.4. The smallest absolute Gasteiger partial charge is 0.295 e. The fourth-order valence-electron chi connectivity index (χ4n) is 4.08. The zero-order valence-electron chi connectivity index (χ0n) is 19.3. The van der Waals surface area contributed by atoms with Gasteiger partial charge < -0.3 is 19.8 Å². The summed E-state index contributed by atoms with van der Waals surface area (Å²) in [7, 11) is 1.59. The molecule has 6 heteroatoms. The van der Waals surface area contributed by atoms with Crippen LogP contribution in [-0.2, 0) is 15.0 Å². The van der Waals surface area contributed by atoms with Gasteiger partial charge in [-0.3, -0.25) is 9.59 Å². The minimum atomic E-state index is -0.770. The van der Waals surface area contributed by atoms with Crippen LogP contribution in [0.5, 0.6) is 11.5 Å². The number of aromatic hydroxyl groups is 1. The summed E-state index contributed by atoms with van der Waals surface area (Å²) in [6.07, 6.45) is 1.57. The number of methoxy groups -OCH3 is 1. The molecule has 1 heterocycles. The van der Waals surface area contributed by atoms with Crippen molar-refractivity contribution in [3.63, 3.8) is 0 Å². The number of ketones is 1. The number of hydrogen-bond donors (Lipinski definition) is 2. The Morgan fingerprint density at radius 2 is 1.84 bits per heavy atom. The monoisotopic (exact) mass is 437 g/mol. The summed E-state index contributed by atoms with van der Waals surface area (Å²) in [6.45, 7) is 8.49. The van der Waals surface area contributed by atoms with Gasteiger partial charge in [0.15, 0.2) is 0 Å². The van der Waals surface area contributed by atoms with Crippen LogP contribution in [0.3, 0.4) is 0 Å². The number of carbonyl (C=O) groups excluding carboxylic acids is 2. The molecule has 1 unspecified atom stereocenters. The highest BCUT2D eigenvalue weighted by Gasteiger charge is 2.45. The largest absolute Gasteiger partial charge is 0.508 e. The van der Waals surface area contributed by atoms with E-state index in [9.17, 15) is 19.8 Å². The SMILES string of the molecule is CCCCN1C(=O)C(=O)/C(=C(\O)c2ccc(OC)c(C(C)(C)C)c2)C1c1cccc(O)c1. The van der Waals surface area contributed by atoms with Crippen molar-refractivity contribution in [1.29, 1.82) is 0 Å². The molecule has 6 nitrogen and oxygen atoms in total. The van der Waals surface area contributed by atoms with Crippen LogP contribution < -0.4 is 4.74 Å². The number of hydrogen-bond acceptors (Lipinski definition) is 5. The Hall–Kier alpha value is -3.28. The molecule has 1 atom stereocenters. The number of unbranched alkanes of at least 4 members (excludes halogenated alkanes) is 1. The molecule has 1 aliphatic heterocycles. The van der Waals surface area contributed by atoms with Gasteiger partial charge in [-0.25, -0.2) is 0 Å². The lowest BCUT2D eigenvalue weighted by Gasteiger charge is -2.26. The van der Waals surface area contributed by atoms with Gasteiger partial charge in [-0.15, -0.1) is 0 Å². The summed E-state index contributed by atoms with van der Waals surface area (Å²) >= 11 is 0. The second-order valence-corrected chi connectivity index (χ2v) is 9.11. The molecule has 170 valence electrons. The normalized spacial score (nSPS) is 18.3. The van der Waals surface area contributed by atoms with E-state index in [2.05, 4.69) is 0 Å². The lowest BCUT2D eigenvalue weighted by Crippen LogP contribution is -2.30. The number of phenolic OH excluding ortho intramolecular Hbond substituents is 1. The van der Waals surface area contributed by atoms with Gasteiger partial charge in [0.25, 0.3) is 11.7 Å². The Morgan fingerprint density at radius 1 is 1.12 bits per heavy atom. The van der Waals surface area contributed by atoms with E-state index in [1.54, 1.807) is 37.4 Å². The van der Waals surface area contributed by atoms with Crippen LogP contribution >= 0.6 is 0 Å². The van der Waals surface area contributed by atoms with E-state index < -0.39 is 17.7 Å². The van der Waals surface area contributed by atoms with Crippen LogP contribution in [-0.4, -0.2) is 40.5 Å². The van der Waals surface area contributed by atoms with E-state index >= 15 is 0 Å². The molecular formula is C26H31NO5. The number of Topliss-reactive ketones (excluding diaryl/α,β-unsaturated/α-hetero) is 1. The molecule has 0 bridgehead atoms. The molecule has 0 radical (unpaired) electrons. The number of nitrogens with zero attached hydrogens (tertiary/aromatic N) is 1. The second kappa shape index (κ2) is 9.07. The predicted molar refractivity (Wildman–Crippen MR) is 124 cm³/mol. The van der Waals surface area contributed by atoms with Gasteiger partial charge >= 0.3 is 0 Å². The highest BCUT2D eigenvalue weighted by atomic mass is 16.5. The Balaban J connectivity index is 2.22. The van der Waals surface area contributed by atoms with Crippen molar-refractivity contribution in [3.05, 3.63) is 64.7 Å². The van der Waals surface area contributed by atoms with Crippen LogP contribution in [0.1, 0.15) is 63.3 Å². The number of amides is 1. The summed E-state index contributed by atoms with van der Waals surface area (Å²) in [4.78, 5) is 27.5. The summed E-state index contributed by atoms with van der Waals surface area (Å²) in [5.41, 5.74) is 1.65. The summed E-state index contributed by atoms with van der Waals surface area (Å²) in [5.74, 6) is -0.883. The standard InChI is InChI=1S/C26H31NO5/c1-6-7-13-27-22(16-9-8-10-18(28)14-16)21(24(30)25(27)31)23(29)17-11-12-20(32-5)19(15-17)26(2,3)4/h8-12,14-15,22,28-29H,6-7,13H2,1-5H3/b23-21-. The van der Waals surface area contributed by atoms with Gasteiger partial charge in [0.1, 0.15) is 17.3 Å². The highest BCUT2D eigenvalue weighted by molar-refractivity contribution is 6.46. The van der Waals surface area contributed by atoms with E-state index in [-0.39, 0.29) is 22.5 Å². The van der Waals surface area contributed by atoms with Crippen LogP contribution in [0, 0.1) is 0 Å². The number of phenols is 1. The molecule has 1 aliphatic rings. The lowest BCUT2D eigenvalue weighted by atomic mass is 9.84. The Kier molecular flexibility index (Phi) is 6.63. The molecule has 0 saturated carbocycles. The molecule has 0 spiro atoms. The summed E-state index contributed by atoms with van der Waals surface area (Å²) in [5, 5.41) is 21.3. The topological polar surface area (TPSA) is 87.1 Å². The number of likely N-dealkylation sites (tertiary alicyclic amines) is 1. The van der Waals surface area contributed by atoms with Gasteiger partial charge in [-0.2, -0.15) is 0 Å². The lowest BCUT2D eigenvalue weighted by molar-refractivity contribution is -0.139. The van der Waals surface area contributed by atoms with Crippen molar-refractivity contribution in [1.82, 2.24) is 4.90 Å². The molecule has 0 aliphatic carbocycles. The molecule has 2 N–H and O–H groups in total. The molecule has 1 saturated heterocycles. The maximum atomic E-state index is 13.1. The summed E-state index contributed by atoms with van der Waals surface area (Å²) < 4.78 is 5.48. The van der Waals surface area contributed by atoms with Crippen molar-refractivity contribution in [2.75, 3.05) is 13.7 Å². The maximum absolute atomic E-state index is 13.1. The van der Waals surface area contributed by atoms with Gasteiger partial charge in [-0.05, 0) is 47.7 Å². The van der Waals surface area contributed by atoms with Crippen molar-refractivity contribution < 1.29 is 24.5 Å². The molecule has 2 aromatic rings. The average Bonchev–Trinajstić information content (AvgIpc) is 3.00. The Morgan fingerprint density at radius 3 is 2.44 bits per heavy atom. The molecule has 1 amide bonds. The second-order valence-electron chi connectivity index (χ2n) is 9.11. The molecule has 3 rings (SSSR count). The molecule has 2 aromatic carbocycles. The molecule has 0 aromatic heterocycles. The van der Waals surface area contributed by atoms with E-state index in [0.29, 0.717) is 23.4 Å². The third kappa shape index (κ3) is 4.35. The molecular weight excluding hydrogens is 406 g/mol. The number of aliphatic hydroxyl groups excluding tert-OH is 1. The van der Waals surface area contributed by atoms with Crippen LogP contribution in [0.2, 0.25) is 0 Å². The van der Waals surface area contributed by atoms with Gasteiger partial charge in [0.2, 0.25) is 0 Å². The van der Waals surface area contributed by atoms with E-state index in [4.69, 9.17) is 4.74 Å². The third-order valence-electron chi connectivity index (χ3n) is 5.76. The number of rotatable bonds is 6. The number of carbonyl (C=O) groups is 2. The first-order chi connectivity index (χ1) is 15.1. The molecule has 32 heavy (non-hydrogen) atoms. The fourth-order valence-corrected chi connectivity index (χ4v) is 4.08. The first-order valence-electron chi connectivity index (χ1n) is 10.9. The van der Waals surface area contributed by atoms with Crippen LogP contribution in [0.4, 0.5) is 0 Å². The fraction of sp³-hybridized carbons (Fsp3) is 0.385. The Labute approximate surface area is 189 Å². The number of benzene rings is 2. The van der Waals surface area contributed by atoms with E-state index in [0.717, 1.165) is 18.4 Å². The maximum Gasteiger partial charge on any atom is 0.295 e. The third-order valence-corrected chi connectivity index (χ3v) is 5.76. The number of ether oxygens (including phenoxy) is 1. The molecule has 1 fully saturated rings. The van der Waals surface area contributed by atoms with Gasteiger partial charge in [-0.1, -0.05) is 46.2 Å². The van der Waals surface area contributed by atoms with Crippen LogP contribution in [0.15, 0.2) is 48.0 Å².